The molecule has 166 valence electrons. The highest BCUT2D eigenvalue weighted by Gasteiger charge is 2.29. The van der Waals surface area contributed by atoms with E-state index < -0.39 is 21.8 Å². The number of sulfonamides is 1. The normalized spacial score (nSPS) is 15.8. The molecule has 1 aliphatic heterocycles. The van der Waals surface area contributed by atoms with Crippen LogP contribution in [0.3, 0.4) is 0 Å². The van der Waals surface area contributed by atoms with E-state index in [1.54, 1.807) is 35.8 Å². The van der Waals surface area contributed by atoms with Gasteiger partial charge in [-0.15, -0.1) is 0 Å². The van der Waals surface area contributed by atoms with E-state index in [2.05, 4.69) is 4.90 Å². The van der Waals surface area contributed by atoms with Crippen molar-refractivity contribution in [1.82, 2.24) is 9.79 Å². The van der Waals surface area contributed by atoms with Crippen molar-refractivity contribution in [1.29, 1.82) is 0 Å². The van der Waals surface area contributed by atoms with Crippen LogP contribution in [-0.2, 0) is 14.8 Å². The van der Waals surface area contributed by atoms with Crippen molar-refractivity contribution in [3.05, 3.63) is 96.1 Å². The number of piperazine rings is 1. The van der Waals surface area contributed by atoms with E-state index >= 15 is 0 Å². The Labute approximate surface area is 187 Å². The van der Waals surface area contributed by atoms with Gasteiger partial charge in [-0.2, -0.15) is 4.31 Å². The number of amides is 1. The standard InChI is InChI=1S/C24H25N3O4S/c28-24(25-29)23(19-7-3-1-4-8-19)20-11-13-21(14-12-20)26-15-17-27(18-16-26)32(30,31)22-9-5-2-6-10-22/h1-14,23,29H,15-18H2,(H,25,28). The summed E-state index contributed by atoms with van der Waals surface area (Å²) in [5.74, 6) is -1.12. The number of hydrogen-bond donors (Lipinski definition) is 2. The van der Waals surface area contributed by atoms with Crippen LogP contribution in [0.2, 0.25) is 0 Å². The van der Waals surface area contributed by atoms with Gasteiger partial charge in [0, 0.05) is 31.9 Å². The molecule has 1 aliphatic rings. The lowest BCUT2D eigenvalue weighted by Crippen LogP contribution is -2.48. The van der Waals surface area contributed by atoms with Crippen LogP contribution in [0.15, 0.2) is 89.8 Å². The summed E-state index contributed by atoms with van der Waals surface area (Å²) in [5, 5.41) is 9.20. The lowest BCUT2D eigenvalue weighted by atomic mass is 9.90. The van der Waals surface area contributed by atoms with Crippen LogP contribution in [0.1, 0.15) is 17.0 Å². The van der Waals surface area contributed by atoms with Crippen LogP contribution >= 0.6 is 0 Å². The lowest BCUT2D eigenvalue weighted by molar-refractivity contribution is -0.129. The van der Waals surface area contributed by atoms with Gasteiger partial charge in [-0.25, -0.2) is 13.9 Å². The zero-order valence-electron chi connectivity index (χ0n) is 17.5. The molecule has 3 aromatic carbocycles. The van der Waals surface area contributed by atoms with E-state index in [0.29, 0.717) is 31.1 Å². The molecule has 7 nitrogen and oxygen atoms in total. The third-order valence-corrected chi connectivity index (χ3v) is 7.63. The Bertz CT molecular complexity index is 1140. The molecule has 1 unspecified atom stereocenters. The fourth-order valence-electron chi connectivity index (χ4n) is 4.01. The minimum Gasteiger partial charge on any atom is -0.369 e. The second-order valence-corrected chi connectivity index (χ2v) is 9.55. The highest BCUT2D eigenvalue weighted by Crippen LogP contribution is 2.28. The fourth-order valence-corrected chi connectivity index (χ4v) is 5.45. The van der Waals surface area contributed by atoms with Gasteiger partial charge in [0.1, 0.15) is 0 Å². The van der Waals surface area contributed by atoms with E-state index in [1.165, 1.54) is 4.31 Å². The predicted octanol–water partition coefficient (Wildman–Crippen LogP) is 2.83. The van der Waals surface area contributed by atoms with Crippen molar-refractivity contribution in [2.45, 2.75) is 10.8 Å². The molecule has 0 aromatic heterocycles. The fraction of sp³-hybridized carbons (Fsp3) is 0.208. The topological polar surface area (TPSA) is 89.9 Å². The summed E-state index contributed by atoms with van der Waals surface area (Å²) >= 11 is 0. The summed E-state index contributed by atoms with van der Waals surface area (Å²) in [6.45, 7) is 1.95. The summed E-state index contributed by atoms with van der Waals surface area (Å²) in [5.41, 5.74) is 4.27. The van der Waals surface area contributed by atoms with Crippen LogP contribution in [0, 0.1) is 0 Å². The average Bonchev–Trinajstić information content (AvgIpc) is 2.86. The van der Waals surface area contributed by atoms with E-state index in [4.69, 9.17) is 0 Å². The monoisotopic (exact) mass is 451 g/mol. The number of hydrogen-bond acceptors (Lipinski definition) is 5. The molecular formula is C24H25N3O4S. The largest absolute Gasteiger partial charge is 0.369 e. The van der Waals surface area contributed by atoms with Crippen molar-refractivity contribution in [2.75, 3.05) is 31.1 Å². The quantitative estimate of drug-likeness (QED) is 0.444. The molecule has 0 aliphatic carbocycles. The first kappa shape index (κ1) is 22.0. The maximum absolute atomic E-state index is 12.8. The van der Waals surface area contributed by atoms with Crippen LogP contribution in [-0.4, -0.2) is 50.0 Å². The molecule has 32 heavy (non-hydrogen) atoms. The predicted molar refractivity (Wildman–Crippen MR) is 122 cm³/mol. The summed E-state index contributed by atoms with van der Waals surface area (Å²) in [4.78, 5) is 14.8. The number of carbonyl (C=O) groups is 1. The molecule has 1 saturated heterocycles. The number of nitrogens with one attached hydrogen (secondary N) is 1. The minimum absolute atomic E-state index is 0.312. The number of benzene rings is 3. The second kappa shape index (κ2) is 9.52. The molecule has 0 bridgehead atoms. The maximum Gasteiger partial charge on any atom is 0.255 e. The molecule has 3 aromatic rings. The van der Waals surface area contributed by atoms with Crippen molar-refractivity contribution < 1.29 is 18.4 Å². The number of rotatable bonds is 6. The molecule has 4 rings (SSSR count). The summed E-state index contributed by atoms with van der Waals surface area (Å²) < 4.78 is 27.2. The van der Waals surface area contributed by atoms with Crippen molar-refractivity contribution in [3.63, 3.8) is 0 Å². The van der Waals surface area contributed by atoms with Gasteiger partial charge in [0.2, 0.25) is 10.0 Å². The van der Waals surface area contributed by atoms with Gasteiger partial charge < -0.3 is 4.90 Å². The Morgan fingerprint density at radius 1 is 0.781 bits per heavy atom. The number of nitrogens with zero attached hydrogens (tertiary/aromatic N) is 2. The molecule has 0 radical (unpaired) electrons. The van der Waals surface area contributed by atoms with E-state index in [9.17, 15) is 18.4 Å². The van der Waals surface area contributed by atoms with Crippen molar-refractivity contribution in [2.24, 2.45) is 0 Å². The first-order chi connectivity index (χ1) is 15.5. The molecule has 2 N–H and O–H groups in total. The average molecular weight is 452 g/mol. The Hall–Kier alpha value is -3.20. The third-order valence-electron chi connectivity index (χ3n) is 5.72. The molecule has 1 heterocycles. The molecule has 0 saturated carbocycles. The minimum atomic E-state index is -3.49. The maximum atomic E-state index is 12.8. The number of anilines is 1. The second-order valence-electron chi connectivity index (χ2n) is 7.62. The summed E-state index contributed by atoms with van der Waals surface area (Å²) in [6, 6.07) is 25.4. The Morgan fingerprint density at radius 2 is 1.31 bits per heavy atom. The molecule has 8 heteroatoms. The van der Waals surface area contributed by atoms with Gasteiger partial charge in [-0.05, 0) is 35.4 Å². The van der Waals surface area contributed by atoms with Gasteiger partial charge in [0.05, 0.1) is 10.8 Å². The summed E-state index contributed by atoms with van der Waals surface area (Å²) in [7, 11) is -3.49. The van der Waals surface area contributed by atoms with Crippen LogP contribution in [0.5, 0.6) is 0 Å². The van der Waals surface area contributed by atoms with Gasteiger partial charge in [-0.1, -0.05) is 60.7 Å². The van der Waals surface area contributed by atoms with Crippen molar-refractivity contribution >= 4 is 21.6 Å². The van der Waals surface area contributed by atoms with Gasteiger partial charge >= 0.3 is 0 Å². The van der Waals surface area contributed by atoms with E-state index in [-0.39, 0.29) is 0 Å². The van der Waals surface area contributed by atoms with E-state index in [1.807, 2.05) is 54.6 Å². The third kappa shape index (κ3) is 4.52. The highest BCUT2D eigenvalue weighted by molar-refractivity contribution is 7.89. The van der Waals surface area contributed by atoms with E-state index in [0.717, 1.165) is 16.8 Å². The van der Waals surface area contributed by atoms with Gasteiger partial charge in [-0.3, -0.25) is 10.0 Å². The van der Waals surface area contributed by atoms with Gasteiger partial charge in [0.25, 0.3) is 5.91 Å². The number of hydroxylamine groups is 1. The van der Waals surface area contributed by atoms with Crippen molar-refractivity contribution in [3.8, 4) is 0 Å². The van der Waals surface area contributed by atoms with Crippen LogP contribution in [0.25, 0.3) is 0 Å². The van der Waals surface area contributed by atoms with Crippen LogP contribution in [0.4, 0.5) is 5.69 Å². The van der Waals surface area contributed by atoms with Gasteiger partial charge in [0.15, 0.2) is 0 Å². The molecule has 1 fully saturated rings. The number of carbonyl (C=O) groups excluding carboxylic acids is 1. The first-order valence-corrected chi connectivity index (χ1v) is 11.8. The smallest absolute Gasteiger partial charge is 0.255 e. The Balaban J connectivity index is 1.47. The molecule has 0 spiro atoms. The Morgan fingerprint density at radius 3 is 1.88 bits per heavy atom. The Kier molecular flexibility index (Phi) is 6.55. The first-order valence-electron chi connectivity index (χ1n) is 10.4. The zero-order valence-corrected chi connectivity index (χ0v) is 18.3. The molecule has 1 atom stereocenters. The zero-order chi connectivity index (χ0) is 22.6. The summed E-state index contributed by atoms with van der Waals surface area (Å²) in [6.07, 6.45) is 0. The molecule has 1 amide bonds. The molecular weight excluding hydrogens is 426 g/mol. The lowest BCUT2D eigenvalue weighted by Gasteiger charge is -2.35. The van der Waals surface area contributed by atoms with Crippen LogP contribution < -0.4 is 10.4 Å². The SMILES string of the molecule is O=C(NO)C(c1ccccc1)c1ccc(N2CCN(S(=O)(=O)c3ccccc3)CC2)cc1. The highest BCUT2D eigenvalue weighted by atomic mass is 32.2.